The molecule has 0 unspecified atom stereocenters. The maximum atomic E-state index is 11.5. The molecule has 0 aromatic carbocycles. The molecule has 4 aliphatic carbocycles. The van der Waals surface area contributed by atoms with Crippen LogP contribution in [0.25, 0.3) is 5.52 Å². The SMILES string of the molecule is NC(=O)C12CC3CC(CC(C3)C1)C2.O=C(O)c1cc2ccc(Cl)cn2n1. The Morgan fingerprint density at radius 2 is 1.73 bits per heavy atom. The first-order valence-electron chi connectivity index (χ1n) is 9.03. The van der Waals surface area contributed by atoms with Crippen molar-refractivity contribution in [3.8, 4) is 0 Å². The maximum absolute atomic E-state index is 11.5. The monoisotopic (exact) mass is 375 g/mol. The summed E-state index contributed by atoms with van der Waals surface area (Å²) in [5, 5.41) is 13.0. The molecule has 1 amide bonds. The molecule has 0 atom stereocenters. The molecule has 4 fully saturated rings. The van der Waals surface area contributed by atoms with Gasteiger partial charge in [-0.3, -0.25) is 4.79 Å². The number of amides is 1. The quantitative estimate of drug-likeness (QED) is 0.840. The third kappa shape index (κ3) is 3.07. The number of carbonyl (C=O) groups excluding carboxylic acids is 1. The number of aromatic nitrogens is 2. The van der Waals surface area contributed by atoms with Gasteiger partial charge in [0, 0.05) is 11.6 Å². The van der Waals surface area contributed by atoms with Gasteiger partial charge in [-0.25, -0.2) is 9.31 Å². The predicted octanol–water partition coefficient (Wildman–Crippen LogP) is 3.37. The van der Waals surface area contributed by atoms with E-state index in [9.17, 15) is 9.59 Å². The number of nitrogens with zero attached hydrogens (tertiary/aromatic N) is 2. The zero-order valence-corrected chi connectivity index (χ0v) is 15.2. The summed E-state index contributed by atoms with van der Waals surface area (Å²) in [5.41, 5.74) is 6.22. The first-order chi connectivity index (χ1) is 12.3. The van der Waals surface area contributed by atoms with Crippen LogP contribution in [0, 0.1) is 23.2 Å². The highest BCUT2D eigenvalue weighted by Crippen LogP contribution is 2.59. The number of aromatic carboxylic acids is 1. The van der Waals surface area contributed by atoms with Crippen molar-refractivity contribution in [2.45, 2.75) is 38.5 Å². The Hall–Kier alpha value is -2.08. The fourth-order valence-corrected chi connectivity index (χ4v) is 5.63. The van der Waals surface area contributed by atoms with Gasteiger partial charge >= 0.3 is 5.97 Å². The van der Waals surface area contributed by atoms with Gasteiger partial charge in [-0.05, 0) is 74.5 Å². The summed E-state index contributed by atoms with van der Waals surface area (Å²) < 4.78 is 1.44. The van der Waals surface area contributed by atoms with Gasteiger partial charge in [0.15, 0.2) is 5.69 Å². The molecule has 2 aromatic rings. The molecule has 0 aliphatic heterocycles. The number of rotatable bonds is 2. The Morgan fingerprint density at radius 3 is 2.23 bits per heavy atom. The van der Waals surface area contributed by atoms with Crippen LogP contribution in [0.5, 0.6) is 0 Å². The van der Waals surface area contributed by atoms with Crippen molar-refractivity contribution in [3.63, 3.8) is 0 Å². The fourth-order valence-electron chi connectivity index (χ4n) is 5.48. The number of nitrogens with two attached hydrogens (primary N) is 1. The third-order valence-electron chi connectivity index (χ3n) is 6.20. The summed E-state index contributed by atoms with van der Waals surface area (Å²) in [6, 6.07) is 4.88. The van der Waals surface area contributed by atoms with E-state index in [0.29, 0.717) is 10.5 Å². The first-order valence-corrected chi connectivity index (χ1v) is 9.40. The largest absolute Gasteiger partial charge is 0.476 e. The van der Waals surface area contributed by atoms with E-state index in [1.165, 1.54) is 29.8 Å². The van der Waals surface area contributed by atoms with Crippen molar-refractivity contribution >= 4 is 29.0 Å². The highest BCUT2D eigenvalue weighted by atomic mass is 35.5. The minimum atomic E-state index is -1.04. The van der Waals surface area contributed by atoms with Crippen LogP contribution >= 0.6 is 11.6 Å². The van der Waals surface area contributed by atoms with Crippen LogP contribution in [0.3, 0.4) is 0 Å². The zero-order chi connectivity index (χ0) is 18.5. The van der Waals surface area contributed by atoms with E-state index in [2.05, 4.69) is 5.10 Å². The summed E-state index contributed by atoms with van der Waals surface area (Å²) in [6.07, 6.45) is 9.02. The van der Waals surface area contributed by atoms with Crippen molar-refractivity contribution in [2.24, 2.45) is 28.9 Å². The first kappa shape index (κ1) is 17.3. The molecule has 26 heavy (non-hydrogen) atoms. The van der Waals surface area contributed by atoms with Crippen molar-refractivity contribution in [1.29, 1.82) is 0 Å². The average Bonchev–Trinajstić information content (AvgIpc) is 2.97. The Morgan fingerprint density at radius 1 is 1.15 bits per heavy atom. The van der Waals surface area contributed by atoms with Crippen molar-refractivity contribution < 1.29 is 14.7 Å². The van der Waals surface area contributed by atoms with Gasteiger partial charge in [-0.1, -0.05) is 11.6 Å². The summed E-state index contributed by atoms with van der Waals surface area (Å²) >= 11 is 5.70. The van der Waals surface area contributed by atoms with Crippen LogP contribution < -0.4 is 5.73 Å². The normalized spacial score (nSPS) is 31.5. The minimum absolute atomic E-state index is 0.00778. The molecule has 4 bridgehead atoms. The Kier molecular flexibility index (Phi) is 4.18. The molecule has 4 aliphatic rings. The number of carboxylic acids is 1. The molecule has 0 saturated heterocycles. The lowest BCUT2D eigenvalue weighted by molar-refractivity contribution is -0.142. The molecule has 2 heterocycles. The lowest BCUT2D eigenvalue weighted by Gasteiger charge is -2.55. The molecule has 3 N–H and O–H groups in total. The second-order valence-electron chi connectivity index (χ2n) is 8.11. The number of carbonyl (C=O) groups is 2. The number of carboxylic acid groups (broad SMARTS) is 1. The van der Waals surface area contributed by atoms with Gasteiger partial charge in [-0.15, -0.1) is 0 Å². The van der Waals surface area contributed by atoms with Crippen LogP contribution in [0.2, 0.25) is 5.02 Å². The minimum Gasteiger partial charge on any atom is -0.476 e. The summed E-state index contributed by atoms with van der Waals surface area (Å²) in [6.45, 7) is 0. The zero-order valence-electron chi connectivity index (χ0n) is 14.4. The number of hydrogen-bond donors (Lipinski definition) is 2. The molecular weight excluding hydrogens is 354 g/mol. The second-order valence-corrected chi connectivity index (χ2v) is 8.55. The van der Waals surface area contributed by atoms with Crippen LogP contribution in [-0.4, -0.2) is 26.6 Å². The maximum Gasteiger partial charge on any atom is 0.356 e. The van der Waals surface area contributed by atoms with Crippen molar-refractivity contribution in [3.05, 3.63) is 35.1 Å². The molecule has 6 rings (SSSR count). The lowest BCUT2D eigenvalue weighted by atomic mass is 9.49. The van der Waals surface area contributed by atoms with E-state index in [1.807, 2.05) is 0 Å². The molecule has 0 radical (unpaired) electrons. The fraction of sp³-hybridized carbons (Fsp3) is 0.526. The highest BCUT2D eigenvalue weighted by Gasteiger charge is 2.53. The van der Waals surface area contributed by atoms with Crippen LogP contribution in [0.4, 0.5) is 0 Å². The Balaban J connectivity index is 0.000000129. The second kappa shape index (κ2) is 6.27. The van der Waals surface area contributed by atoms with Gasteiger partial charge in [0.05, 0.1) is 10.5 Å². The van der Waals surface area contributed by atoms with Crippen molar-refractivity contribution in [1.82, 2.24) is 9.61 Å². The van der Waals surface area contributed by atoms with Gasteiger partial charge in [0.1, 0.15) is 0 Å². The predicted molar refractivity (Wildman–Crippen MR) is 97.0 cm³/mol. The van der Waals surface area contributed by atoms with Crippen molar-refractivity contribution in [2.75, 3.05) is 0 Å². The van der Waals surface area contributed by atoms with E-state index in [0.717, 1.165) is 37.0 Å². The van der Waals surface area contributed by atoms with E-state index in [-0.39, 0.29) is 17.0 Å². The van der Waals surface area contributed by atoms with E-state index < -0.39 is 5.97 Å². The average molecular weight is 376 g/mol. The highest BCUT2D eigenvalue weighted by molar-refractivity contribution is 6.30. The smallest absolute Gasteiger partial charge is 0.356 e. The van der Waals surface area contributed by atoms with E-state index in [4.69, 9.17) is 22.4 Å². The van der Waals surface area contributed by atoms with Gasteiger partial charge < -0.3 is 10.8 Å². The number of primary amides is 1. The molecular formula is C19H22ClN3O3. The molecule has 2 aromatic heterocycles. The van der Waals surface area contributed by atoms with Gasteiger partial charge in [-0.2, -0.15) is 5.10 Å². The topological polar surface area (TPSA) is 97.7 Å². The lowest BCUT2D eigenvalue weighted by Crippen LogP contribution is -2.52. The Bertz CT molecular complexity index is 841. The van der Waals surface area contributed by atoms with Crippen LogP contribution in [0.1, 0.15) is 49.0 Å². The van der Waals surface area contributed by atoms with Crippen LogP contribution in [0.15, 0.2) is 24.4 Å². The van der Waals surface area contributed by atoms with Gasteiger partial charge in [0.2, 0.25) is 5.91 Å². The molecule has 4 saturated carbocycles. The number of hydrogen-bond acceptors (Lipinski definition) is 3. The number of pyridine rings is 1. The third-order valence-corrected chi connectivity index (χ3v) is 6.43. The van der Waals surface area contributed by atoms with Crippen LogP contribution in [-0.2, 0) is 4.79 Å². The number of halogens is 1. The molecule has 0 spiro atoms. The summed E-state index contributed by atoms with van der Waals surface area (Å²) in [7, 11) is 0. The molecule has 7 heteroatoms. The molecule has 6 nitrogen and oxygen atoms in total. The summed E-state index contributed by atoms with van der Waals surface area (Å²) in [5.74, 6) is 1.45. The Labute approximate surface area is 156 Å². The van der Waals surface area contributed by atoms with E-state index >= 15 is 0 Å². The number of fused-ring (bicyclic) bond motifs is 1. The van der Waals surface area contributed by atoms with Gasteiger partial charge in [0.25, 0.3) is 0 Å². The summed E-state index contributed by atoms with van der Waals surface area (Å²) in [4.78, 5) is 22.0. The molecule has 138 valence electrons. The standard InChI is InChI=1S/C11H17NO.C8H5ClN2O2/c12-10(13)11-4-7-1-8(5-11)3-9(2-7)6-11;9-5-1-2-6-3-7(8(12)13)10-11(6)4-5/h7-9H,1-6H2,(H2,12,13);1-4H,(H,12,13). The van der Waals surface area contributed by atoms with E-state index in [1.54, 1.807) is 18.3 Å².